The molecule has 0 bridgehead atoms. The summed E-state index contributed by atoms with van der Waals surface area (Å²) in [6, 6.07) is 0. The summed E-state index contributed by atoms with van der Waals surface area (Å²) in [5.74, 6) is 0.780. The number of esters is 4. The fraction of sp³-hybridized carbons (Fsp3) is 0.944. The van der Waals surface area contributed by atoms with E-state index in [2.05, 4.69) is 55.4 Å². The first kappa shape index (κ1) is 88.1. The second-order valence-electron chi connectivity index (χ2n) is 27.3. The number of hydrogen-bond acceptors (Lipinski definition) is 15. The lowest BCUT2D eigenvalue weighted by Gasteiger charge is -2.21. The molecule has 0 spiro atoms. The highest BCUT2D eigenvalue weighted by molar-refractivity contribution is 7.47. The van der Waals surface area contributed by atoms with Crippen molar-refractivity contribution < 1.29 is 80.2 Å². The number of aliphatic hydroxyl groups excluding tert-OH is 1. The number of rotatable bonds is 68. The Balaban J connectivity index is 5.08. The number of phosphoric ester groups is 2. The van der Waals surface area contributed by atoms with Crippen molar-refractivity contribution in [3.8, 4) is 0 Å². The number of carbonyl (C=O) groups is 4. The molecule has 3 unspecified atom stereocenters. The zero-order valence-electron chi connectivity index (χ0n) is 58.8. The van der Waals surface area contributed by atoms with E-state index in [0.717, 1.165) is 102 Å². The molecule has 0 saturated carbocycles. The van der Waals surface area contributed by atoms with E-state index in [1.165, 1.54) is 148 Å². The Kier molecular flexibility index (Phi) is 59.4. The fourth-order valence-corrected chi connectivity index (χ4v) is 12.2. The minimum Gasteiger partial charge on any atom is -0.462 e. The van der Waals surface area contributed by atoms with Crippen LogP contribution in [0.3, 0.4) is 0 Å². The predicted molar refractivity (Wildman–Crippen MR) is 363 cm³/mol. The van der Waals surface area contributed by atoms with Crippen molar-refractivity contribution >= 4 is 39.5 Å². The highest BCUT2D eigenvalue weighted by Gasteiger charge is 2.30. The highest BCUT2D eigenvalue weighted by Crippen LogP contribution is 2.45. The second-order valence-corrected chi connectivity index (χ2v) is 30.2. The second kappa shape index (κ2) is 60.7. The Labute approximate surface area is 549 Å². The molecule has 0 saturated heterocycles. The van der Waals surface area contributed by atoms with Gasteiger partial charge in [-0.15, -0.1) is 0 Å². The zero-order chi connectivity index (χ0) is 66.8. The van der Waals surface area contributed by atoms with Crippen LogP contribution in [-0.2, 0) is 65.4 Å². The van der Waals surface area contributed by atoms with Crippen LogP contribution in [0.25, 0.3) is 0 Å². The van der Waals surface area contributed by atoms with Gasteiger partial charge in [0.2, 0.25) is 0 Å². The Hall–Kier alpha value is -1.94. The molecule has 0 aromatic carbocycles. The van der Waals surface area contributed by atoms with Crippen molar-refractivity contribution in [3.05, 3.63) is 0 Å². The van der Waals surface area contributed by atoms with Crippen molar-refractivity contribution in [2.75, 3.05) is 39.6 Å². The standard InChI is InChI=1S/C71H138O17P2/c1-9-64(8)50-42-34-24-20-18-16-14-12-10-11-13-15-17-19-21-25-35-43-51-68(73)81-57-66(87-70(75)53-45-37-26-22-23-31-39-47-61(2)3)59-85-89(77,78)83-55-65(72)56-84-90(79,80)86-60-67(88-71(76)54-46-38-30-28-33-41-49-63(6)7)58-82-69(74)52-44-36-29-27-32-40-48-62(4)5/h61-67,72H,9-60H2,1-8H3,(H,77,78)(H,79,80)/t64?,65-,66-,67-/m1/s1. The lowest BCUT2D eigenvalue weighted by atomic mass is 9.99. The van der Waals surface area contributed by atoms with Crippen LogP contribution in [0.1, 0.15) is 351 Å². The summed E-state index contributed by atoms with van der Waals surface area (Å²) in [6.07, 6.45) is 43.7. The molecule has 0 aromatic heterocycles. The molecule has 19 heteroatoms. The topological polar surface area (TPSA) is 237 Å². The van der Waals surface area contributed by atoms with Gasteiger partial charge in [-0.25, -0.2) is 9.13 Å². The van der Waals surface area contributed by atoms with Crippen LogP contribution in [0.2, 0.25) is 0 Å². The molecule has 0 radical (unpaired) electrons. The van der Waals surface area contributed by atoms with Gasteiger partial charge >= 0.3 is 39.5 Å². The molecule has 6 atom stereocenters. The lowest BCUT2D eigenvalue weighted by molar-refractivity contribution is -0.161. The van der Waals surface area contributed by atoms with Gasteiger partial charge in [0.25, 0.3) is 0 Å². The van der Waals surface area contributed by atoms with E-state index in [-0.39, 0.29) is 25.7 Å². The molecule has 17 nitrogen and oxygen atoms in total. The largest absolute Gasteiger partial charge is 0.472 e. The lowest BCUT2D eigenvalue weighted by Crippen LogP contribution is -2.30. The maximum absolute atomic E-state index is 13.0. The van der Waals surface area contributed by atoms with Gasteiger partial charge in [0, 0.05) is 25.7 Å². The van der Waals surface area contributed by atoms with E-state index in [1.807, 2.05) is 0 Å². The van der Waals surface area contributed by atoms with Crippen LogP contribution in [0.5, 0.6) is 0 Å². The van der Waals surface area contributed by atoms with E-state index >= 15 is 0 Å². The maximum Gasteiger partial charge on any atom is 0.472 e. The average Bonchev–Trinajstić information content (AvgIpc) is 3.64. The molecule has 534 valence electrons. The predicted octanol–water partition coefficient (Wildman–Crippen LogP) is 20.1. The number of unbranched alkanes of at least 4 members (excludes halogenated alkanes) is 33. The molecule has 0 rings (SSSR count). The Morgan fingerprint density at radius 1 is 0.311 bits per heavy atom. The van der Waals surface area contributed by atoms with E-state index < -0.39 is 97.5 Å². The molecule has 0 aliphatic heterocycles. The third-order valence-electron chi connectivity index (χ3n) is 16.7. The molecule has 0 aromatic rings. The number of aliphatic hydroxyl groups is 1. The molecule has 0 heterocycles. The molecular weight excluding hydrogens is 1190 g/mol. The molecule has 3 N–H and O–H groups in total. The van der Waals surface area contributed by atoms with Gasteiger partial charge in [0.05, 0.1) is 26.4 Å². The molecule has 90 heavy (non-hydrogen) atoms. The van der Waals surface area contributed by atoms with Crippen molar-refractivity contribution in [2.45, 2.75) is 369 Å². The van der Waals surface area contributed by atoms with E-state index in [9.17, 15) is 43.2 Å². The van der Waals surface area contributed by atoms with Gasteiger partial charge in [-0.2, -0.15) is 0 Å². The van der Waals surface area contributed by atoms with Gasteiger partial charge in [-0.1, -0.05) is 299 Å². The minimum absolute atomic E-state index is 0.101. The van der Waals surface area contributed by atoms with E-state index in [0.29, 0.717) is 43.4 Å². The van der Waals surface area contributed by atoms with Crippen molar-refractivity contribution in [2.24, 2.45) is 23.7 Å². The Morgan fingerprint density at radius 3 is 0.789 bits per heavy atom. The first-order chi connectivity index (χ1) is 43.1. The molecule has 0 amide bonds. The minimum atomic E-state index is -4.95. The van der Waals surface area contributed by atoms with Crippen LogP contribution >= 0.6 is 15.6 Å². The third-order valence-corrected chi connectivity index (χ3v) is 18.6. The smallest absolute Gasteiger partial charge is 0.462 e. The van der Waals surface area contributed by atoms with Crippen LogP contribution in [0, 0.1) is 23.7 Å². The average molecular weight is 1330 g/mol. The molecule has 0 fully saturated rings. The summed E-state index contributed by atoms with van der Waals surface area (Å²) in [5, 5.41) is 10.6. The van der Waals surface area contributed by atoms with E-state index in [4.69, 9.17) is 37.0 Å². The maximum atomic E-state index is 13.0. The van der Waals surface area contributed by atoms with Gasteiger partial charge < -0.3 is 33.8 Å². The monoisotopic (exact) mass is 1320 g/mol. The highest BCUT2D eigenvalue weighted by atomic mass is 31.2. The zero-order valence-corrected chi connectivity index (χ0v) is 60.6. The Bertz CT molecular complexity index is 1780. The molecular formula is C71H138O17P2. The van der Waals surface area contributed by atoms with Crippen molar-refractivity contribution in [1.82, 2.24) is 0 Å². The van der Waals surface area contributed by atoms with E-state index in [1.54, 1.807) is 0 Å². The van der Waals surface area contributed by atoms with Crippen molar-refractivity contribution in [3.63, 3.8) is 0 Å². The van der Waals surface area contributed by atoms with Gasteiger partial charge in [0.1, 0.15) is 19.3 Å². The van der Waals surface area contributed by atoms with Crippen LogP contribution in [0.15, 0.2) is 0 Å². The summed E-state index contributed by atoms with van der Waals surface area (Å²) in [4.78, 5) is 72.4. The van der Waals surface area contributed by atoms with Gasteiger partial charge in [-0.3, -0.25) is 37.3 Å². The summed E-state index contributed by atoms with van der Waals surface area (Å²) in [5.41, 5.74) is 0. The van der Waals surface area contributed by atoms with Gasteiger partial charge in [-0.05, 0) is 49.4 Å². The normalized spacial score (nSPS) is 14.6. The fourth-order valence-electron chi connectivity index (χ4n) is 10.6. The third kappa shape index (κ3) is 63.5. The number of phosphoric acid groups is 2. The number of carbonyl (C=O) groups excluding carboxylic acids is 4. The number of ether oxygens (including phenoxy) is 4. The molecule has 0 aliphatic rings. The summed E-state index contributed by atoms with van der Waals surface area (Å²) < 4.78 is 68.1. The first-order valence-electron chi connectivity index (χ1n) is 36.7. The number of hydrogen-bond donors (Lipinski definition) is 3. The first-order valence-corrected chi connectivity index (χ1v) is 39.7. The molecule has 0 aliphatic carbocycles. The summed E-state index contributed by atoms with van der Waals surface area (Å²) >= 11 is 0. The Morgan fingerprint density at radius 2 is 0.533 bits per heavy atom. The van der Waals surface area contributed by atoms with Gasteiger partial charge in [0.15, 0.2) is 12.2 Å². The SMILES string of the molecule is CCC(C)CCCCCCCCCCCCCCCCCCCCC(=O)OC[C@H](COP(=O)(O)OC[C@@H](O)COP(=O)(O)OC[C@@H](COC(=O)CCCCCCCCC(C)C)OC(=O)CCCCCCCCC(C)C)OC(=O)CCCCCCCCCC(C)C. The van der Waals surface area contributed by atoms with Crippen LogP contribution in [0.4, 0.5) is 0 Å². The summed E-state index contributed by atoms with van der Waals surface area (Å²) in [6.45, 7) is 14.0. The van der Waals surface area contributed by atoms with Crippen LogP contribution in [-0.4, -0.2) is 96.7 Å². The van der Waals surface area contributed by atoms with Crippen molar-refractivity contribution in [1.29, 1.82) is 0 Å². The summed E-state index contributed by atoms with van der Waals surface area (Å²) in [7, 11) is -9.90. The van der Waals surface area contributed by atoms with Crippen LogP contribution < -0.4 is 0 Å². The quantitative estimate of drug-likeness (QED) is 0.0222.